The van der Waals surface area contributed by atoms with Gasteiger partial charge in [-0.05, 0) is 43.5 Å². The molecule has 0 spiro atoms. The molecule has 59 heavy (non-hydrogen) atoms. The summed E-state index contributed by atoms with van der Waals surface area (Å²) in [6, 6.07) is 5.21. The first-order valence-electron chi connectivity index (χ1n) is 20.2. The minimum atomic E-state index is -0.862. The van der Waals surface area contributed by atoms with Crippen LogP contribution in [0.25, 0.3) is 0 Å². The number of benzene rings is 1. The second-order valence-corrected chi connectivity index (χ2v) is 15.0. The number of imide groups is 1. The Labute approximate surface area is 345 Å². The standard InChI is InChI=1S/C40H62N8O11/c1-27(2)36(45-33(51)14-22-58-24-25-59-23-16-42-32(50)13-17-48-34(52)11-12-35(48)53)31(49)26-29(6-5-15-43-40(41)56)38(54)44-30-9-7-28(8-10-30)37(57-4)39(55)47-20-18-46(3)19-21-47/h7-10,27,29,36-37H,5-6,11-26H2,1-4H3,(H,42,50)(H,44,54)(H,45,51)(H3,41,43,56)/t29-,36+,37?/m1/s1. The fourth-order valence-corrected chi connectivity index (χ4v) is 6.60. The van der Waals surface area contributed by atoms with Crippen molar-refractivity contribution >= 4 is 52.9 Å². The van der Waals surface area contributed by atoms with Crippen LogP contribution in [0.15, 0.2) is 24.3 Å². The number of piperazine rings is 1. The van der Waals surface area contributed by atoms with Crippen molar-refractivity contribution in [3.8, 4) is 0 Å². The molecule has 2 fully saturated rings. The number of carbonyl (C=O) groups is 8. The Kier molecular flexibility index (Phi) is 20.9. The van der Waals surface area contributed by atoms with Crippen molar-refractivity contribution in [1.82, 2.24) is 30.7 Å². The van der Waals surface area contributed by atoms with Crippen LogP contribution in [0.5, 0.6) is 0 Å². The molecule has 1 aromatic rings. The van der Waals surface area contributed by atoms with E-state index >= 15 is 0 Å². The maximum atomic E-state index is 13.6. The molecule has 0 aliphatic carbocycles. The third-order valence-electron chi connectivity index (χ3n) is 10.1. The highest BCUT2D eigenvalue weighted by Gasteiger charge is 2.31. The number of amides is 8. The van der Waals surface area contributed by atoms with Gasteiger partial charge in [0.25, 0.3) is 5.91 Å². The van der Waals surface area contributed by atoms with Crippen molar-refractivity contribution in [3.05, 3.63) is 29.8 Å². The average molecular weight is 831 g/mol. The number of rotatable bonds is 26. The number of nitrogens with one attached hydrogen (secondary N) is 4. The molecular weight excluding hydrogens is 768 g/mol. The highest BCUT2D eigenvalue weighted by atomic mass is 16.5. The summed E-state index contributed by atoms with van der Waals surface area (Å²) in [5, 5.41) is 10.8. The molecule has 2 heterocycles. The second kappa shape index (κ2) is 25.5. The first-order valence-corrected chi connectivity index (χ1v) is 20.2. The molecule has 2 aliphatic heterocycles. The summed E-state index contributed by atoms with van der Waals surface area (Å²) in [5.74, 6) is -3.16. The highest BCUT2D eigenvalue weighted by molar-refractivity contribution is 6.02. The number of likely N-dealkylation sites (tertiary alicyclic amines) is 1. The van der Waals surface area contributed by atoms with Gasteiger partial charge in [-0.15, -0.1) is 0 Å². The summed E-state index contributed by atoms with van der Waals surface area (Å²) in [4.78, 5) is 105. The number of nitrogens with two attached hydrogens (primary N) is 1. The molecule has 328 valence electrons. The Morgan fingerprint density at radius 3 is 2.07 bits per heavy atom. The number of anilines is 1. The van der Waals surface area contributed by atoms with E-state index in [-0.39, 0.29) is 120 Å². The Bertz CT molecular complexity index is 1570. The van der Waals surface area contributed by atoms with Gasteiger partial charge in [-0.2, -0.15) is 0 Å². The van der Waals surface area contributed by atoms with Crippen LogP contribution in [0.4, 0.5) is 10.5 Å². The third kappa shape index (κ3) is 17.0. The van der Waals surface area contributed by atoms with Crippen LogP contribution < -0.4 is 27.0 Å². The van der Waals surface area contributed by atoms with E-state index in [0.717, 1.165) is 18.0 Å². The van der Waals surface area contributed by atoms with E-state index in [2.05, 4.69) is 26.2 Å². The van der Waals surface area contributed by atoms with Gasteiger partial charge in [0.1, 0.15) is 0 Å². The predicted molar refractivity (Wildman–Crippen MR) is 215 cm³/mol. The van der Waals surface area contributed by atoms with Crippen LogP contribution in [0.1, 0.15) is 70.5 Å². The van der Waals surface area contributed by atoms with Crippen molar-refractivity contribution in [3.63, 3.8) is 0 Å². The van der Waals surface area contributed by atoms with Crippen LogP contribution in [0.2, 0.25) is 0 Å². The van der Waals surface area contributed by atoms with Gasteiger partial charge in [-0.3, -0.25) is 38.5 Å². The van der Waals surface area contributed by atoms with E-state index < -0.39 is 35.9 Å². The monoisotopic (exact) mass is 830 g/mol. The summed E-state index contributed by atoms with van der Waals surface area (Å²) < 4.78 is 16.5. The number of methoxy groups -OCH3 is 1. The number of ether oxygens (including phenoxy) is 3. The molecule has 1 aromatic carbocycles. The van der Waals surface area contributed by atoms with Crippen molar-refractivity contribution in [2.45, 2.75) is 70.9 Å². The summed E-state index contributed by atoms with van der Waals surface area (Å²) in [5.41, 5.74) is 6.29. The van der Waals surface area contributed by atoms with Crippen LogP contribution in [0.3, 0.4) is 0 Å². The lowest BCUT2D eigenvalue weighted by molar-refractivity contribution is -0.144. The molecule has 3 atom stereocenters. The number of ketones is 1. The topological polar surface area (TPSA) is 248 Å². The van der Waals surface area contributed by atoms with E-state index in [1.54, 1.807) is 43.0 Å². The van der Waals surface area contributed by atoms with E-state index in [4.69, 9.17) is 19.9 Å². The van der Waals surface area contributed by atoms with Gasteiger partial charge in [0, 0.05) is 96.6 Å². The lowest BCUT2D eigenvalue weighted by atomic mass is 9.89. The molecule has 19 nitrogen and oxygen atoms in total. The fourth-order valence-electron chi connectivity index (χ4n) is 6.60. The van der Waals surface area contributed by atoms with Crippen LogP contribution in [-0.2, 0) is 47.8 Å². The normalized spacial score (nSPS) is 16.1. The minimum absolute atomic E-state index is 0.0157. The van der Waals surface area contributed by atoms with Gasteiger partial charge in [0.2, 0.25) is 29.5 Å². The number of nitrogens with zero attached hydrogens (tertiary/aromatic N) is 3. The third-order valence-corrected chi connectivity index (χ3v) is 10.1. The Morgan fingerprint density at radius 1 is 0.814 bits per heavy atom. The molecule has 1 unspecified atom stereocenters. The minimum Gasteiger partial charge on any atom is -0.379 e. The number of hydrogen-bond donors (Lipinski definition) is 5. The van der Waals surface area contributed by atoms with Gasteiger partial charge < -0.3 is 51.0 Å². The van der Waals surface area contributed by atoms with Crippen molar-refractivity contribution in [2.75, 3.05) is 91.7 Å². The Hall–Kier alpha value is -4.98. The van der Waals surface area contributed by atoms with E-state index in [0.29, 0.717) is 30.8 Å². The molecule has 0 saturated carbocycles. The molecule has 2 aliphatic rings. The number of primary amides is 1. The van der Waals surface area contributed by atoms with Gasteiger partial charge in [0.15, 0.2) is 11.9 Å². The quantitative estimate of drug-likeness (QED) is 0.0627. The van der Waals surface area contributed by atoms with E-state index in [1.807, 2.05) is 7.05 Å². The number of urea groups is 1. The van der Waals surface area contributed by atoms with Gasteiger partial charge >= 0.3 is 6.03 Å². The van der Waals surface area contributed by atoms with Crippen molar-refractivity contribution in [1.29, 1.82) is 0 Å². The number of hydrogen-bond acceptors (Lipinski definition) is 12. The molecule has 0 bridgehead atoms. The maximum absolute atomic E-state index is 13.6. The van der Waals surface area contributed by atoms with E-state index in [9.17, 15) is 38.4 Å². The summed E-state index contributed by atoms with van der Waals surface area (Å²) in [6.45, 7) is 7.57. The zero-order chi connectivity index (χ0) is 43.3. The number of Topliss-reactive ketones (excluding diaryl/α,β-unsaturated/α-hetero) is 1. The van der Waals surface area contributed by atoms with E-state index in [1.165, 1.54) is 7.11 Å². The van der Waals surface area contributed by atoms with Crippen LogP contribution >= 0.6 is 0 Å². The molecular formula is C40H62N8O11. The summed E-state index contributed by atoms with van der Waals surface area (Å²) in [7, 11) is 3.49. The molecule has 0 aromatic heterocycles. The average Bonchev–Trinajstić information content (AvgIpc) is 3.52. The lowest BCUT2D eigenvalue weighted by Gasteiger charge is -2.34. The van der Waals surface area contributed by atoms with Crippen molar-refractivity contribution in [2.24, 2.45) is 17.6 Å². The zero-order valence-electron chi connectivity index (χ0n) is 34.8. The Morgan fingerprint density at radius 2 is 1.46 bits per heavy atom. The molecule has 3 rings (SSSR count). The van der Waals surface area contributed by atoms with Gasteiger partial charge in [-0.25, -0.2) is 4.79 Å². The zero-order valence-corrected chi connectivity index (χ0v) is 34.8. The molecule has 2 saturated heterocycles. The predicted octanol–water partition coefficient (Wildman–Crippen LogP) is 0.330. The van der Waals surface area contributed by atoms with Crippen molar-refractivity contribution < 1.29 is 52.6 Å². The van der Waals surface area contributed by atoms with Crippen LogP contribution in [0, 0.1) is 11.8 Å². The van der Waals surface area contributed by atoms with Gasteiger partial charge in [0.05, 0.1) is 32.5 Å². The molecule has 6 N–H and O–H groups in total. The molecule has 0 radical (unpaired) electrons. The molecule has 19 heteroatoms. The fraction of sp³-hybridized carbons (Fsp3) is 0.650. The first kappa shape index (κ1) is 48.4. The van der Waals surface area contributed by atoms with Gasteiger partial charge in [-0.1, -0.05) is 26.0 Å². The second-order valence-electron chi connectivity index (χ2n) is 15.0. The SMILES string of the molecule is COC(C(=O)N1CCN(C)CC1)c1ccc(NC(=O)[C@H](CCCNC(N)=O)CC(=O)[C@@H](NC(=O)CCOCCOCCNC(=O)CCN2C(=O)CCC2=O)C(C)C)cc1. The number of likely N-dealkylation sites (N-methyl/N-ethyl adjacent to an activating group) is 1. The largest absolute Gasteiger partial charge is 0.379 e. The summed E-state index contributed by atoms with van der Waals surface area (Å²) >= 11 is 0. The number of carbonyl (C=O) groups excluding carboxylic acids is 8. The molecule has 8 amide bonds. The summed E-state index contributed by atoms with van der Waals surface area (Å²) in [6.07, 6.45) is 0.0342. The smallest absolute Gasteiger partial charge is 0.312 e. The lowest BCUT2D eigenvalue weighted by Crippen LogP contribution is -2.48. The first-order chi connectivity index (χ1) is 28.2. The maximum Gasteiger partial charge on any atom is 0.312 e. The van der Waals surface area contributed by atoms with Crippen LogP contribution in [-0.4, -0.2) is 154 Å². The highest BCUT2D eigenvalue weighted by Crippen LogP contribution is 2.24. The Balaban J connectivity index is 1.43.